The Balaban J connectivity index is 3.48. The summed E-state index contributed by atoms with van der Waals surface area (Å²) in [5, 5.41) is 11.0. The Labute approximate surface area is 59.9 Å². The van der Waals surface area contributed by atoms with E-state index >= 15 is 0 Å². The van der Waals surface area contributed by atoms with Gasteiger partial charge in [0.05, 0.1) is 0 Å². The average Bonchev–Trinajstić information content (AvgIpc) is 1.96. The number of rotatable bonds is 1. The van der Waals surface area contributed by atoms with Crippen LogP contribution in [0.1, 0.15) is 0 Å². The van der Waals surface area contributed by atoms with Crippen LogP contribution in [0.25, 0.3) is 0 Å². The minimum absolute atomic E-state index is 0.262. The van der Waals surface area contributed by atoms with Gasteiger partial charge >= 0.3 is 0 Å². The minimum atomic E-state index is -0.882. The van der Waals surface area contributed by atoms with Crippen molar-refractivity contribution >= 4 is 11.8 Å². The molecule has 1 heterocycles. The highest BCUT2D eigenvalue weighted by Gasteiger charge is 2.07. The van der Waals surface area contributed by atoms with Gasteiger partial charge in [0.1, 0.15) is 0 Å². The number of nitrogens with two attached hydrogens (primary N) is 1. The summed E-state index contributed by atoms with van der Waals surface area (Å²) < 4.78 is 0. The summed E-state index contributed by atoms with van der Waals surface area (Å²) in [4.78, 5) is 25.7. The first kappa shape index (κ1) is 7.19. The van der Waals surface area contributed by atoms with Crippen molar-refractivity contribution in [3.05, 3.63) is 15.3 Å². The van der Waals surface area contributed by atoms with Crippen LogP contribution in [0, 0.1) is 4.91 Å². The molecule has 0 spiro atoms. The van der Waals surface area contributed by atoms with E-state index in [1.54, 1.807) is 0 Å². The molecule has 0 aromatic carbocycles. The lowest BCUT2D eigenvalue weighted by Crippen LogP contribution is -2.09. The normalized spacial score (nSPS) is 9.45. The Bertz CT molecular complexity index is 344. The van der Waals surface area contributed by atoms with Gasteiger partial charge < -0.3 is 10.8 Å². The van der Waals surface area contributed by atoms with Crippen LogP contribution >= 0.6 is 0 Å². The molecule has 0 amide bonds. The number of aromatic amines is 1. The fourth-order valence-electron chi connectivity index (χ4n) is 0.536. The number of hydrogen-bond acceptors (Lipinski definition) is 6. The first-order valence-electron chi connectivity index (χ1n) is 2.57. The molecule has 0 atom stereocenters. The van der Waals surface area contributed by atoms with Gasteiger partial charge in [0, 0.05) is 0 Å². The lowest BCUT2D eigenvalue weighted by molar-refractivity contribution is 0.465. The quantitative estimate of drug-likeness (QED) is 0.471. The molecular formula is C4H4N4O3. The molecule has 1 aromatic rings. The summed E-state index contributed by atoms with van der Waals surface area (Å²) in [6.45, 7) is 0. The standard InChI is InChI=1S/C4H4N4O3/c5-4-6-2(8-11)1(9)3(10)7-4/h9H,(H3,5,6,7,10). The van der Waals surface area contributed by atoms with Crippen molar-refractivity contribution in [1.29, 1.82) is 0 Å². The molecule has 0 aliphatic rings. The number of aromatic nitrogens is 2. The van der Waals surface area contributed by atoms with Crippen molar-refractivity contribution in [1.82, 2.24) is 9.97 Å². The van der Waals surface area contributed by atoms with Crippen LogP contribution in [-0.4, -0.2) is 15.1 Å². The smallest absolute Gasteiger partial charge is 0.296 e. The predicted molar refractivity (Wildman–Crippen MR) is 36.4 cm³/mol. The summed E-state index contributed by atoms with van der Waals surface area (Å²) in [5.74, 6) is -1.69. The Hall–Kier alpha value is -1.92. The highest BCUT2D eigenvalue weighted by molar-refractivity contribution is 5.44. The van der Waals surface area contributed by atoms with Crippen molar-refractivity contribution in [3.63, 3.8) is 0 Å². The molecule has 0 aliphatic carbocycles. The zero-order valence-corrected chi connectivity index (χ0v) is 5.24. The molecule has 11 heavy (non-hydrogen) atoms. The van der Waals surface area contributed by atoms with Crippen molar-refractivity contribution in [2.75, 3.05) is 5.73 Å². The van der Waals surface area contributed by atoms with Crippen LogP contribution in [0.15, 0.2) is 9.97 Å². The van der Waals surface area contributed by atoms with Crippen molar-refractivity contribution in [2.45, 2.75) is 0 Å². The second-order valence-electron chi connectivity index (χ2n) is 1.71. The molecule has 0 bridgehead atoms. The highest BCUT2D eigenvalue weighted by Crippen LogP contribution is 2.17. The van der Waals surface area contributed by atoms with Crippen LogP contribution in [-0.2, 0) is 0 Å². The predicted octanol–water partition coefficient (Wildman–Crippen LogP) is -0.544. The maximum absolute atomic E-state index is 10.6. The van der Waals surface area contributed by atoms with Crippen LogP contribution in [0.4, 0.5) is 11.8 Å². The maximum atomic E-state index is 10.6. The van der Waals surface area contributed by atoms with E-state index in [1.807, 2.05) is 4.98 Å². The van der Waals surface area contributed by atoms with Crippen molar-refractivity contribution in [2.24, 2.45) is 5.18 Å². The SMILES string of the molecule is Nc1nc(N=O)c(O)c(=O)[nH]1. The largest absolute Gasteiger partial charge is 0.500 e. The molecule has 7 nitrogen and oxygen atoms in total. The summed E-state index contributed by atoms with van der Waals surface area (Å²) in [6, 6.07) is 0. The number of hydrogen-bond donors (Lipinski definition) is 3. The van der Waals surface area contributed by atoms with E-state index in [1.165, 1.54) is 0 Å². The van der Waals surface area contributed by atoms with Gasteiger partial charge in [-0.1, -0.05) is 0 Å². The van der Waals surface area contributed by atoms with E-state index in [9.17, 15) is 9.70 Å². The number of nitroso groups, excluding NO2 is 1. The Kier molecular flexibility index (Phi) is 1.55. The van der Waals surface area contributed by atoms with Gasteiger partial charge in [-0.05, 0) is 5.18 Å². The molecule has 0 saturated carbocycles. The third-order valence-corrected chi connectivity index (χ3v) is 0.981. The lowest BCUT2D eigenvalue weighted by Gasteiger charge is -1.93. The minimum Gasteiger partial charge on any atom is -0.500 e. The number of anilines is 1. The van der Waals surface area contributed by atoms with Crippen LogP contribution in [0.2, 0.25) is 0 Å². The number of nitrogen functional groups attached to an aromatic ring is 1. The van der Waals surface area contributed by atoms with Crippen molar-refractivity contribution in [3.8, 4) is 5.75 Å². The summed E-state index contributed by atoms with van der Waals surface area (Å²) in [7, 11) is 0. The van der Waals surface area contributed by atoms with Gasteiger partial charge in [-0.15, -0.1) is 4.91 Å². The summed E-state index contributed by atoms with van der Waals surface area (Å²) in [5.41, 5.74) is 4.14. The molecule has 0 unspecified atom stereocenters. The zero-order valence-electron chi connectivity index (χ0n) is 5.24. The lowest BCUT2D eigenvalue weighted by atomic mass is 10.5. The van der Waals surface area contributed by atoms with Gasteiger partial charge in [-0.25, -0.2) is 0 Å². The number of H-pyrrole nitrogens is 1. The Morgan fingerprint density at radius 1 is 1.64 bits per heavy atom. The fourth-order valence-corrected chi connectivity index (χ4v) is 0.536. The van der Waals surface area contributed by atoms with Gasteiger partial charge in [0.15, 0.2) is 0 Å². The maximum Gasteiger partial charge on any atom is 0.296 e. The van der Waals surface area contributed by atoms with Crippen LogP contribution in [0.3, 0.4) is 0 Å². The number of nitrogens with zero attached hydrogens (tertiary/aromatic N) is 2. The third kappa shape index (κ3) is 1.16. The van der Waals surface area contributed by atoms with E-state index in [4.69, 9.17) is 10.8 Å². The average molecular weight is 156 g/mol. The molecular weight excluding hydrogens is 152 g/mol. The molecule has 0 saturated heterocycles. The fraction of sp³-hybridized carbons (Fsp3) is 0. The van der Waals surface area contributed by atoms with Gasteiger partial charge in [-0.3, -0.25) is 9.78 Å². The Morgan fingerprint density at radius 2 is 2.27 bits per heavy atom. The molecule has 1 rings (SSSR count). The molecule has 0 aliphatic heterocycles. The van der Waals surface area contributed by atoms with Crippen LogP contribution in [0.5, 0.6) is 5.75 Å². The van der Waals surface area contributed by atoms with Gasteiger partial charge in [0.25, 0.3) is 5.56 Å². The molecule has 4 N–H and O–H groups in total. The van der Waals surface area contributed by atoms with Crippen LogP contribution < -0.4 is 11.3 Å². The molecule has 1 aromatic heterocycles. The summed E-state index contributed by atoms with van der Waals surface area (Å²) in [6.07, 6.45) is 0. The number of aromatic hydroxyl groups is 1. The molecule has 0 fully saturated rings. The first-order chi connectivity index (χ1) is 5.15. The monoisotopic (exact) mass is 156 g/mol. The first-order valence-corrected chi connectivity index (χ1v) is 2.57. The van der Waals surface area contributed by atoms with Gasteiger partial charge in [0.2, 0.25) is 17.5 Å². The number of nitrogens with one attached hydrogen (secondary N) is 1. The summed E-state index contributed by atoms with van der Waals surface area (Å²) >= 11 is 0. The topological polar surface area (TPSA) is 121 Å². The van der Waals surface area contributed by atoms with E-state index in [0.717, 1.165) is 0 Å². The van der Waals surface area contributed by atoms with E-state index in [0.29, 0.717) is 0 Å². The van der Waals surface area contributed by atoms with E-state index in [2.05, 4.69) is 10.2 Å². The molecule has 58 valence electrons. The highest BCUT2D eigenvalue weighted by atomic mass is 16.3. The zero-order chi connectivity index (χ0) is 8.43. The second kappa shape index (κ2) is 2.37. The van der Waals surface area contributed by atoms with Gasteiger partial charge in [-0.2, -0.15) is 4.98 Å². The Morgan fingerprint density at radius 3 is 2.82 bits per heavy atom. The third-order valence-electron chi connectivity index (χ3n) is 0.981. The van der Waals surface area contributed by atoms with Crippen molar-refractivity contribution < 1.29 is 5.11 Å². The van der Waals surface area contributed by atoms with E-state index in [-0.39, 0.29) is 5.95 Å². The van der Waals surface area contributed by atoms with E-state index < -0.39 is 17.1 Å². The molecule has 7 heteroatoms. The molecule has 0 radical (unpaired) electrons. The second-order valence-corrected chi connectivity index (χ2v) is 1.71.